The van der Waals surface area contributed by atoms with Gasteiger partial charge in [0.15, 0.2) is 0 Å². The average molecular weight is 302 g/mol. The summed E-state index contributed by atoms with van der Waals surface area (Å²) in [7, 11) is 0. The van der Waals surface area contributed by atoms with Gasteiger partial charge in [0.05, 0.1) is 13.2 Å². The third kappa shape index (κ3) is 3.68. The number of hydrogen-bond donors (Lipinski definition) is 0. The predicted molar refractivity (Wildman–Crippen MR) is 87.0 cm³/mol. The molecule has 1 aromatic carbocycles. The molecule has 2 aliphatic heterocycles. The van der Waals surface area contributed by atoms with Crippen LogP contribution in [0.2, 0.25) is 0 Å². The molecule has 0 saturated carbocycles. The standard InChI is InChI=1S/C18H26N2O2/c1-15-4-2-3-5-17(15)16-6-8-19(14-16)9-7-18(21)20-10-12-22-13-11-20/h2-5,16H,6-14H2,1H3. The van der Waals surface area contributed by atoms with Gasteiger partial charge in [-0.05, 0) is 36.9 Å². The molecule has 2 fully saturated rings. The second-order valence-electron chi connectivity index (χ2n) is 6.39. The molecule has 1 atom stereocenters. The highest BCUT2D eigenvalue weighted by atomic mass is 16.5. The van der Waals surface area contributed by atoms with Crippen LogP contribution in [-0.4, -0.2) is 61.6 Å². The molecule has 1 amide bonds. The van der Waals surface area contributed by atoms with E-state index in [0.29, 0.717) is 25.6 Å². The van der Waals surface area contributed by atoms with E-state index < -0.39 is 0 Å². The van der Waals surface area contributed by atoms with E-state index in [1.165, 1.54) is 17.5 Å². The van der Waals surface area contributed by atoms with Crippen molar-refractivity contribution < 1.29 is 9.53 Å². The third-order valence-electron chi connectivity index (χ3n) is 4.91. The van der Waals surface area contributed by atoms with Crippen LogP contribution >= 0.6 is 0 Å². The Morgan fingerprint density at radius 1 is 1.23 bits per heavy atom. The fraction of sp³-hybridized carbons (Fsp3) is 0.611. The molecule has 120 valence electrons. The summed E-state index contributed by atoms with van der Waals surface area (Å²) in [6.45, 7) is 8.15. The molecule has 4 nitrogen and oxygen atoms in total. The number of carbonyl (C=O) groups excluding carboxylic acids is 1. The minimum Gasteiger partial charge on any atom is -0.378 e. The number of likely N-dealkylation sites (tertiary alicyclic amines) is 1. The van der Waals surface area contributed by atoms with Gasteiger partial charge in [0, 0.05) is 32.6 Å². The van der Waals surface area contributed by atoms with Crippen molar-refractivity contribution >= 4 is 5.91 Å². The monoisotopic (exact) mass is 302 g/mol. The number of amides is 1. The summed E-state index contributed by atoms with van der Waals surface area (Å²) < 4.78 is 5.30. The van der Waals surface area contributed by atoms with Crippen LogP contribution in [0.25, 0.3) is 0 Å². The topological polar surface area (TPSA) is 32.8 Å². The quantitative estimate of drug-likeness (QED) is 0.853. The highest BCUT2D eigenvalue weighted by Gasteiger charge is 2.25. The summed E-state index contributed by atoms with van der Waals surface area (Å²) in [5.41, 5.74) is 2.86. The van der Waals surface area contributed by atoms with Gasteiger partial charge in [0.2, 0.25) is 5.91 Å². The molecule has 0 radical (unpaired) electrons. The Labute approximate surface area is 133 Å². The summed E-state index contributed by atoms with van der Waals surface area (Å²) >= 11 is 0. The summed E-state index contributed by atoms with van der Waals surface area (Å²) in [5, 5.41) is 0. The summed E-state index contributed by atoms with van der Waals surface area (Å²) in [6.07, 6.45) is 1.84. The van der Waals surface area contributed by atoms with Crippen molar-refractivity contribution in [2.75, 3.05) is 45.9 Å². The average Bonchev–Trinajstić information content (AvgIpc) is 3.02. The lowest BCUT2D eigenvalue weighted by molar-refractivity contribution is -0.135. The predicted octanol–water partition coefficient (Wildman–Crippen LogP) is 2.03. The lowest BCUT2D eigenvalue weighted by Crippen LogP contribution is -2.41. The van der Waals surface area contributed by atoms with Crippen molar-refractivity contribution in [2.24, 2.45) is 0 Å². The van der Waals surface area contributed by atoms with Crippen LogP contribution in [0.5, 0.6) is 0 Å². The van der Waals surface area contributed by atoms with Gasteiger partial charge in [-0.15, -0.1) is 0 Å². The van der Waals surface area contributed by atoms with Gasteiger partial charge in [0.1, 0.15) is 0 Å². The van der Waals surface area contributed by atoms with Gasteiger partial charge in [-0.3, -0.25) is 4.79 Å². The molecule has 0 aromatic heterocycles. The maximum absolute atomic E-state index is 12.2. The molecular formula is C18H26N2O2. The van der Waals surface area contributed by atoms with Crippen LogP contribution in [0, 0.1) is 6.92 Å². The zero-order valence-electron chi connectivity index (χ0n) is 13.5. The Morgan fingerprint density at radius 2 is 2.00 bits per heavy atom. The normalized spacial score (nSPS) is 23.0. The van der Waals surface area contributed by atoms with Crippen LogP contribution in [-0.2, 0) is 9.53 Å². The van der Waals surface area contributed by atoms with Crippen LogP contribution in [0.4, 0.5) is 0 Å². The smallest absolute Gasteiger partial charge is 0.224 e. The number of benzene rings is 1. The highest BCUT2D eigenvalue weighted by Crippen LogP contribution is 2.29. The van der Waals surface area contributed by atoms with Gasteiger partial charge < -0.3 is 14.5 Å². The highest BCUT2D eigenvalue weighted by molar-refractivity contribution is 5.76. The maximum atomic E-state index is 12.2. The second-order valence-corrected chi connectivity index (χ2v) is 6.39. The van der Waals surface area contributed by atoms with E-state index in [0.717, 1.165) is 32.7 Å². The van der Waals surface area contributed by atoms with E-state index >= 15 is 0 Å². The fourth-order valence-electron chi connectivity index (χ4n) is 3.56. The van der Waals surface area contributed by atoms with E-state index in [9.17, 15) is 4.79 Å². The van der Waals surface area contributed by atoms with Crippen molar-refractivity contribution in [3.63, 3.8) is 0 Å². The number of rotatable bonds is 4. The number of ether oxygens (including phenoxy) is 1. The summed E-state index contributed by atoms with van der Waals surface area (Å²) in [4.78, 5) is 16.6. The molecule has 0 N–H and O–H groups in total. The maximum Gasteiger partial charge on any atom is 0.224 e. The molecule has 0 aliphatic carbocycles. The van der Waals surface area contributed by atoms with Gasteiger partial charge in [-0.1, -0.05) is 24.3 Å². The van der Waals surface area contributed by atoms with Gasteiger partial charge >= 0.3 is 0 Å². The van der Waals surface area contributed by atoms with Crippen LogP contribution in [0.15, 0.2) is 24.3 Å². The molecular weight excluding hydrogens is 276 g/mol. The molecule has 2 aliphatic rings. The van der Waals surface area contributed by atoms with E-state index in [-0.39, 0.29) is 5.91 Å². The molecule has 0 bridgehead atoms. The lowest BCUT2D eigenvalue weighted by atomic mass is 9.94. The Morgan fingerprint density at radius 3 is 2.77 bits per heavy atom. The van der Waals surface area contributed by atoms with Crippen molar-refractivity contribution in [2.45, 2.75) is 25.7 Å². The Kier molecular flexibility index (Phi) is 5.11. The number of aryl methyl sites for hydroxylation is 1. The second kappa shape index (κ2) is 7.25. The minimum atomic E-state index is 0.280. The molecule has 4 heteroatoms. The largest absolute Gasteiger partial charge is 0.378 e. The zero-order chi connectivity index (χ0) is 15.4. The molecule has 3 rings (SSSR count). The van der Waals surface area contributed by atoms with E-state index in [1.807, 2.05) is 4.90 Å². The van der Waals surface area contributed by atoms with E-state index in [1.54, 1.807) is 0 Å². The lowest BCUT2D eigenvalue weighted by Gasteiger charge is -2.27. The summed E-state index contributed by atoms with van der Waals surface area (Å²) in [5.74, 6) is 0.905. The fourth-order valence-corrected chi connectivity index (χ4v) is 3.56. The van der Waals surface area contributed by atoms with Crippen molar-refractivity contribution in [3.8, 4) is 0 Å². The first-order valence-corrected chi connectivity index (χ1v) is 8.37. The first-order chi connectivity index (χ1) is 10.7. The Bertz CT molecular complexity index is 512. The van der Waals surface area contributed by atoms with Gasteiger partial charge in [0.25, 0.3) is 0 Å². The number of hydrogen-bond acceptors (Lipinski definition) is 3. The number of nitrogens with zero attached hydrogens (tertiary/aromatic N) is 2. The minimum absolute atomic E-state index is 0.280. The molecule has 0 spiro atoms. The van der Waals surface area contributed by atoms with Crippen molar-refractivity contribution in [1.29, 1.82) is 0 Å². The van der Waals surface area contributed by atoms with Gasteiger partial charge in [-0.2, -0.15) is 0 Å². The van der Waals surface area contributed by atoms with Crippen LogP contribution in [0.1, 0.15) is 29.9 Å². The zero-order valence-corrected chi connectivity index (χ0v) is 13.5. The van der Waals surface area contributed by atoms with Crippen molar-refractivity contribution in [1.82, 2.24) is 9.80 Å². The Balaban J connectivity index is 1.47. The molecule has 1 unspecified atom stereocenters. The molecule has 1 aromatic rings. The van der Waals surface area contributed by atoms with Crippen LogP contribution < -0.4 is 0 Å². The first-order valence-electron chi connectivity index (χ1n) is 8.37. The van der Waals surface area contributed by atoms with Gasteiger partial charge in [-0.25, -0.2) is 0 Å². The molecule has 2 saturated heterocycles. The first kappa shape index (κ1) is 15.5. The van der Waals surface area contributed by atoms with E-state index in [4.69, 9.17) is 4.74 Å². The van der Waals surface area contributed by atoms with E-state index in [2.05, 4.69) is 36.1 Å². The summed E-state index contributed by atoms with van der Waals surface area (Å²) in [6, 6.07) is 8.68. The third-order valence-corrected chi connectivity index (χ3v) is 4.91. The molecule has 2 heterocycles. The van der Waals surface area contributed by atoms with Crippen LogP contribution in [0.3, 0.4) is 0 Å². The number of carbonyl (C=O) groups is 1. The number of morpholine rings is 1. The Hall–Kier alpha value is -1.39. The molecule has 22 heavy (non-hydrogen) atoms. The SMILES string of the molecule is Cc1ccccc1C1CCN(CCC(=O)N2CCOCC2)C1. The van der Waals surface area contributed by atoms with Crippen molar-refractivity contribution in [3.05, 3.63) is 35.4 Å².